The fourth-order valence-corrected chi connectivity index (χ4v) is 4.31. The third kappa shape index (κ3) is 4.95. The van der Waals surface area contributed by atoms with Crippen molar-refractivity contribution in [2.24, 2.45) is 11.7 Å². The van der Waals surface area contributed by atoms with E-state index in [2.05, 4.69) is 47.9 Å². The highest BCUT2D eigenvalue weighted by Crippen LogP contribution is 2.27. The van der Waals surface area contributed by atoms with Gasteiger partial charge in [-0.1, -0.05) is 18.2 Å². The standard InChI is InChI=1S/C20H31N3O2/c1-15-11-23(12-16(2)25-15)19-8-4-3-7-18(19)14-22-9-5-6-17(13-22)10-20(21)24/h3-4,7-8,15-17H,5-6,9-14H2,1-2H3,(H2,21,24)/t15-,16-,17+/m1/s1. The number of anilines is 1. The van der Waals surface area contributed by atoms with E-state index in [1.54, 1.807) is 0 Å². The van der Waals surface area contributed by atoms with Crippen LogP contribution in [0.3, 0.4) is 0 Å². The Balaban J connectivity index is 1.69. The Morgan fingerprint density at radius 2 is 1.92 bits per heavy atom. The first-order valence-electron chi connectivity index (χ1n) is 9.50. The minimum atomic E-state index is -0.177. The first kappa shape index (κ1) is 18.2. The molecule has 0 bridgehead atoms. The van der Waals surface area contributed by atoms with E-state index in [1.807, 2.05) is 0 Å². The zero-order valence-corrected chi connectivity index (χ0v) is 15.5. The number of amides is 1. The van der Waals surface area contributed by atoms with Crippen LogP contribution in [0.2, 0.25) is 0 Å². The summed E-state index contributed by atoms with van der Waals surface area (Å²) in [6.45, 7) is 9.16. The summed E-state index contributed by atoms with van der Waals surface area (Å²) in [5.41, 5.74) is 8.08. The summed E-state index contributed by atoms with van der Waals surface area (Å²) >= 11 is 0. The molecule has 25 heavy (non-hydrogen) atoms. The van der Waals surface area contributed by atoms with Crippen LogP contribution in [0, 0.1) is 5.92 Å². The maximum atomic E-state index is 11.2. The van der Waals surface area contributed by atoms with Crippen molar-refractivity contribution in [1.29, 1.82) is 0 Å². The number of morpholine rings is 1. The Morgan fingerprint density at radius 3 is 2.64 bits per heavy atom. The lowest BCUT2D eigenvalue weighted by atomic mass is 9.94. The highest BCUT2D eigenvalue weighted by atomic mass is 16.5. The first-order chi connectivity index (χ1) is 12.0. The van der Waals surface area contributed by atoms with Gasteiger partial charge in [0, 0.05) is 38.3 Å². The Labute approximate surface area is 151 Å². The van der Waals surface area contributed by atoms with E-state index in [1.165, 1.54) is 11.3 Å². The molecule has 1 aromatic carbocycles. The van der Waals surface area contributed by atoms with Crippen molar-refractivity contribution in [3.05, 3.63) is 29.8 Å². The summed E-state index contributed by atoms with van der Waals surface area (Å²) in [5.74, 6) is 0.227. The van der Waals surface area contributed by atoms with Gasteiger partial charge in [0.15, 0.2) is 0 Å². The number of likely N-dealkylation sites (tertiary alicyclic amines) is 1. The van der Waals surface area contributed by atoms with Crippen LogP contribution in [0.4, 0.5) is 5.69 Å². The number of hydrogen-bond donors (Lipinski definition) is 1. The van der Waals surface area contributed by atoms with Crippen LogP contribution in [-0.2, 0) is 16.1 Å². The number of benzene rings is 1. The second-order valence-corrected chi connectivity index (χ2v) is 7.70. The molecule has 2 fully saturated rings. The van der Waals surface area contributed by atoms with E-state index in [-0.39, 0.29) is 18.1 Å². The molecule has 5 heteroatoms. The second kappa shape index (κ2) is 8.19. The lowest BCUT2D eigenvalue weighted by Gasteiger charge is -2.39. The van der Waals surface area contributed by atoms with E-state index >= 15 is 0 Å². The SMILES string of the molecule is C[C@@H]1CN(c2ccccc2CN2CCC[C@@H](CC(N)=O)C2)C[C@@H](C)O1. The van der Waals surface area contributed by atoms with Crippen LogP contribution in [0.25, 0.3) is 0 Å². The first-order valence-corrected chi connectivity index (χ1v) is 9.50. The van der Waals surface area contributed by atoms with Crippen molar-refractivity contribution in [3.8, 4) is 0 Å². The van der Waals surface area contributed by atoms with Gasteiger partial charge >= 0.3 is 0 Å². The van der Waals surface area contributed by atoms with Crippen LogP contribution < -0.4 is 10.6 Å². The van der Waals surface area contributed by atoms with Gasteiger partial charge in [-0.2, -0.15) is 0 Å². The van der Waals surface area contributed by atoms with Gasteiger partial charge in [0.2, 0.25) is 5.91 Å². The summed E-state index contributed by atoms with van der Waals surface area (Å²) in [5, 5.41) is 0. The monoisotopic (exact) mass is 345 g/mol. The molecule has 2 aliphatic rings. The minimum Gasteiger partial charge on any atom is -0.372 e. The molecule has 1 aromatic rings. The molecule has 0 aliphatic carbocycles. The highest BCUT2D eigenvalue weighted by molar-refractivity contribution is 5.74. The summed E-state index contributed by atoms with van der Waals surface area (Å²) in [7, 11) is 0. The molecule has 2 saturated heterocycles. The maximum absolute atomic E-state index is 11.2. The van der Waals surface area contributed by atoms with Gasteiger partial charge in [-0.3, -0.25) is 9.69 Å². The third-order valence-electron chi connectivity index (χ3n) is 5.24. The smallest absolute Gasteiger partial charge is 0.217 e. The van der Waals surface area contributed by atoms with E-state index in [9.17, 15) is 4.79 Å². The fraction of sp³-hybridized carbons (Fsp3) is 0.650. The summed E-state index contributed by atoms with van der Waals surface area (Å²) in [4.78, 5) is 16.2. The Hall–Kier alpha value is -1.59. The average Bonchev–Trinajstić information content (AvgIpc) is 2.54. The lowest BCUT2D eigenvalue weighted by Crippen LogP contribution is -2.46. The minimum absolute atomic E-state index is 0.177. The van der Waals surface area contributed by atoms with Crippen LogP contribution >= 0.6 is 0 Å². The lowest BCUT2D eigenvalue weighted by molar-refractivity contribution is -0.119. The number of rotatable bonds is 5. The third-order valence-corrected chi connectivity index (χ3v) is 5.24. The van der Waals surface area contributed by atoms with Crippen LogP contribution in [0.1, 0.15) is 38.7 Å². The molecule has 1 amide bonds. The van der Waals surface area contributed by atoms with Crippen molar-refractivity contribution in [1.82, 2.24) is 4.90 Å². The molecule has 2 N–H and O–H groups in total. The number of nitrogens with two attached hydrogens (primary N) is 1. The largest absolute Gasteiger partial charge is 0.372 e. The quantitative estimate of drug-likeness (QED) is 0.890. The number of nitrogens with zero attached hydrogens (tertiary/aromatic N) is 2. The molecule has 2 heterocycles. The molecular formula is C20H31N3O2. The van der Waals surface area contributed by atoms with E-state index in [0.29, 0.717) is 12.3 Å². The molecule has 0 unspecified atom stereocenters. The maximum Gasteiger partial charge on any atom is 0.217 e. The molecule has 3 atom stereocenters. The molecule has 0 saturated carbocycles. The number of primary amides is 1. The predicted molar refractivity (Wildman–Crippen MR) is 100 cm³/mol. The molecule has 3 rings (SSSR count). The van der Waals surface area contributed by atoms with Crippen LogP contribution in [-0.4, -0.2) is 49.2 Å². The number of hydrogen-bond acceptors (Lipinski definition) is 4. The molecular weight excluding hydrogens is 314 g/mol. The Morgan fingerprint density at radius 1 is 1.20 bits per heavy atom. The van der Waals surface area contributed by atoms with Crippen LogP contribution in [0.15, 0.2) is 24.3 Å². The Bertz CT molecular complexity index is 582. The number of carbonyl (C=O) groups excluding carboxylic acids is 1. The number of carbonyl (C=O) groups is 1. The zero-order valence-electron chi connectivity index (χ0n) is 15.5. The summed E-state index contributed by atoms with van der Waals surface area (Å²) in [6.07, 6.45) is 3.28. The molecule has 0 spiro atoms. The zero-order chi connectivity index (χ0) is 17.8. The van der Waals surface area contributed by atoms with Crippen molar-refractivity contribution in [3.63, 3.8) is 0 Å². The number of ether oxygens (including phenoxy) is 1. The van der Waals surface area contributed by atoms with Crippen LogP contribution in [0.5, 0.6) is 0 Å². The number of piperidine rings is 1. The van der Waals surface area contributed by atoms with Crippen molar-refractivity contribution in [2.45, 2.75) is 51.9 Å². The normalized spacial score (nSPS) is 28.1. The van der Waals surface area contributed by atoms with Crippen molar-refractivity contribution >= 4 is 11.6 Å². The van der Waals surface area contributed by atoms with Gasteiger partial charge < -0.3 is 15.4 Å². The highest BCUT2D eigenvalue weighted by Gasteiger charge is 2.26. The Kier molecular flexibility index (Phi) is 5.97. The average molecular weight is 345 g/mol. The van der Waals surface area contributed by atoms with Gasteiger partial charge in [-0.25, -0.2) is 0 Å². The summed E-state index contributed by atoms with van der Waals surface area (Å²) < 4.78 is 5.88. The van der Waals surface area contributed by atoms with Crippen molar-refractivity contribution in [2.75, 3.05) is 31.1 Å². The predicted octanol–water partition coefficient (Wildman–Crippen LogP) is 2.39. The summed E-state index contributed by atoms with van der Waals surface area (Å²) in [6, 6.07) is 8.70. The number of para-hydroxylation sites is 1. The van der Waals surface area contributed by atoms with E-state index < -0.39 is 0 Å². The molecule has 2 aliphatic heterocycles. The van der Waals surface area contributed by atoms with Gasteiger partial charge in [0.25, 0.3) is 0 Å². The van der Waals surface area contributed by atoms with E-state index in [0.717, 1.165) is 45.6 Å². The molecule has 0 radical (unpaired) electrons. The van der Waals surface area contributed by atoms with Gasteiger partial charge in [-0.15, -0.1) is 0 Å². The topological polar surface area (TPSA) is 58.8 Å². The fourth-order valence-electron chi connectivity index (χ4n) is 4.31. The molecule has 5 nitrogen and oxygen atoms in total. The van der Waals surface area contributed by atoms with Gasteiger partial charge in [-0.05, 0) is 50.8 Å². The van der Waals surface area contributed by atoms with Gasteiger partial charge in [0.05, 0.1) is 12.2 Å². The van der Waals surface area contributed by atoms with Gasteiger partial charge in [0.1, 0.15) is 0 Å². The second-order valence-electron chi connectivity index (χ2n) is 7.70. The molecule has 0 aromatic heterocycles. The van der Waals surface area contributed by atoms with E-state index in [4.69, 9.17) is 10.5 Å². The van der Waals surface area contributed by atoms with Crippen molar-refractivity contribution < 1.29 is 9.53 Å². The molecule has 138 valence electrons.